The van der Waals surface area contributed by atoms with Crippen molar-refractivity contribution in [3.63, 3.8) is 0 Å². The van der Waals surface area contributed by atoms with Gasteiger partial charge < -0.3 is 5.32 Å². The van der Waals surface area contributed by atoms with Gasteiger partial charge in [-0.05, 0) is 54.9 Å². The molecule has 1 aromatic carbocycles. The summed E-state index contributed by atoms with van der Waals surface area (Å²) in [6, 6.07) is 9.37. The van der Waals surface area contributed by atoms with Crippen molar-refractivity contribution in [2.45, 2.75) is 46.1 Å². The Kier molecular flexibility index (Phi) is 4.79. The Labute approximate surface area is 141 Å². The van der Waals surface area contributed by atoms with Crippen molar-refractivity contribution in [3.05, 3.63) is 57.5 Å². The molecule has 5 nitrogen and oxygen atoms in total. The summed E-state index contributed by atoms with van der Waals surface area (Å²) in [7, 11) is 0. The predicted octanol–water partition coefficient (Wildman–Crippen LogP) is 2.57. The fraction of sp³-hybridized carbons (Fsp3) is 0.421. The number of hydrogen-bond donors (Lipinski definition) is 1. The van der Waals surface area contributed by atoms with Crippen molar-refractivity contribution >= 4 is 11.6 Å². The lowest BCUT2D eigenvalue weighted by molar-refractivity contribution is -0.117. The SMILES string of the molecule is CCc1cccc(NC(=O)Cn2nc3c(cc2=O)CC(C)CC3)c1. The maximum absolute atomic E-state index is 12.2. The Morgan fingerprint density at radius 3 is 3.00 bits per heavy atom. The van der Waals surface area contributed by atoms with Gasteiger partial charge in [0.1, 0.15) is 6.54 Å². The van der Waals surface area contributed by atoms with Crippen LogP contribution in [0, 0.1) is 5.92 Å². The van der Waals surface area contributed by atoms with Crippen molar-refractivity contribution in [2.75, 3.05) is 5.32 Å². The van der Waals surface area contributed by atoms with Crippen molar-refractivity contribution < 1.29 is 4.79 Å². The zero-order valence-electron chi connectivity index (χ0n) is 14.2. The van der Waals surface area contributed by atoms with E-state index in [0.29, 0.717) is 5.92 Å². The summed E-state index contributed by atoms with van der Waals surface area (Å²) < 4.78 is 1.27. The Bertz CT molecular complexity index is 810. The number of aryl methyl sites for hydroxylation is 2. The number of nitrogens with one attached hydrogen (secondary N) is 1. The molecule has 1 heterocycles. The number of nitrogens with zero attached hydrogens (tertiary/aromatic N) is 2. The molecule has 0 fully saturated rings. The minimum Gasteiger partial charge on any atom is -0.324 e. The van der Waals surface area contributed by atoms with Crippen LogP contribution in [0.1, 0.15) is 37.1 Å². The molecule has 24 heavy (non-hydrogen) atoms. The molecule has 0 spiro atoms. The highest BCUT2D eigenvalue weighted by molar-refractivity contribution is 5.90. The summed E-state index contributed by atoms with van der Waals surface area (Å²) in [5.74, 6) is 0.352. The quantitative estimate of drug-likeness (QED) is 0.939. The second-order valence-corrected chi connectivity index (χ2v) is 6.56. The average Bonchev–Trinajstić information content (AvgIpc) is 2.56. The Balaban J connectivity index is 1.73. The van der Waals surface area contributed by atoms with Crippen LogP contribution in [0.5, 0.6) is 0 Å². The topological polar surface area (TPSA) is 64.0 Å². The van der Waals surface area contributed by atoms with E-state index in [-0.39, 0.29) is 18.0 Å². The highest BCUT2D eigenvalue weighted by Gasteiger charge is 2.18. The molecule has 5 heteroatoms. The van der Waals surface area contributed by atoms with Gasteiger partial charge in [-0.3, -0.25) is 9.59 Å². The molecule has 1 atom stereocenters. The largest absolute Gasteiger partial charge is 0.324 e. The van der Waals surface area contributed by atoms with E-state index in [2.05, 4.69) is 24.3 Å². The molecule has 1 unspecified atom stereocenters. The molecule has 1 amide bonds. The van der Waals surface area contributed by atoms with Crippen LogP contribution in [0.25, 0.3) is 0 Å². The third-order valence-electron chi connectivity index (χ3n) is 4.52. The molecule has 0 aliphatic heterocycles. The lowest BCUT2D eigenvalue weighted by Crippen LogP contribution is -2.32. The number of amides is 1. The fourth-order valence-corrected chi connectivity index (χ4v) is 3.13. The van der Waals surface area contributed by atoms with Crippen molar-refractivity contribution in [2.24, 2.45) is 5.92 Å². The van der Waals surface area contributed by atoms with Gasteiger partial charge >= 0.3 is 0 Å². The van der Waals surface area contributed by atoms with Gasteiger partial charge in [0, 0.05) is 11.8 Å². The molecule has 1 N–H and O–H groups in total. The van der Waals surface area contributed by atoms with Gasteiger partial charge in [0.25, 0.3) is 5.56 Å². The van der Waals surface area contributed by atoms with Gasteiger partial charge in [0.15, 0.2) is 0 Å². The predicted molar refractivity (Wildman–Crippen MR) is 94.1 cm³/mol. The number of aromatic nitrogens is 2. The number of fused-ring (bicyclic) bond motifs is 1. The summed E-state index contributed by atoms with van der Waals surface area (Å²) in [6.07, 6.45) is 3.76. The average molecular weight is 325 g/mol. The number of carbonyl (C=O) groups is 1. The number of benzene rings is 1. The Morgan fingerprint density at radius 1 is 1.38 bits per heavy atom. The minimum absolute atomic E-state index is 0.0575. The zero-order valence-corrected chi connectivity index (χ0v) is 14.2. The van der Waals surface area contributed by atoms with Gasteiger partial charge in [-0.15, -0.1) is 0 Å². The van der Waals surface area contributed by atoms with Gasteiger partial charge in [0.05, 0.1) is 5.69 Å². The third-order valence-corrected chi connectivity index (χ3v) is 4.52. The molecule has 1 aliphatic carbocycles. The molecule has 2 aromatic rings. The number of rotatable bonds is 4. The van der Waals surface area contributed by atoms with Gasteiger partial charge in [-0.2, -0.15) is 5.10 Å². The molecule has 0 saturated carbocycles. The Hall–Kier alpha value is -2.43. The molecule has 0 saturated heterocycles. The Morgan fingerprint density at radius 2 is 2.21 bits per heavy atom. The fourth-order valence-electron chi connectivity index (χ4n) is 3.13. The van der Waals surface area contributed by atoms with Gasteiger partial charge in [-0.25, -0.2) is 4.68 Å². The monoisotopic (exact) mass is 325 g/mol. The molecular formula is C19H23N3O2. The van der Waals surface area contributed by atoms with E-state index >= 15 is 0 Å². The van der Waals surface area contributed by atoms with Gasteiger partial charge in [-0.1, -0.05) is 26.0 Å². The third kappa shape index (κ3) is 3.72. The van der Waals surface area contributed by atoms with Crippen LogP contribution in [-0.4, -0.2) is 15.7 Å². The highest BCUT2D eigenvalue weighted by atomic mass is 16.2. The van der Waals surface area contributed by atoms with Crippen molar-refractivity contribution in [3.8, 4) is 0 Å². The van der Waals surface area contributed by atoms with E-state index < -0.39 is 0 Å². The molecular weight excluding hydrogens is 302 g/mol. The first-order valence-electron chi connectivity index (χ1n) is 8.54. The van der Waals surface area contributed by atoms with Crippen LogP contribution < -0.4 is 10.9 Å². The standard InChI is InChI=1S/C19H23N3O2/c1-3-14-5-4-6-16(10-14)20-18(23)12-22-19(24)11-15-9-13(2)7-8-17(15)21-22/h4-6,10-11,13H,3,7-9,12H2,1-2H3,(H,20,23). The summed E-state index contributed by atoms with van der Waals surface area (Å²) in [6.45, 7) is 4.20. The molecule has 1 aromatic heterocycles. The van der Waals surface area contributed by atoms with Gasteiger partial charge in [0.2, 0.25) is 5.91 Å². The van der Waals surface area contributed by atoms with Crippen LogP contribution in [0.2, 0.25) is 0 Å². The zero-order chi connectivity index (χ0) is 17.1. The minimum atomic E-state index is -0.234. The first-order chi connectivity index (χ1) is 11.5. The summed E-state index contributed by atoms with van der Waals surface area (Å²) in [4.78, 5) is 24.4. The van der Waals surface area contributed by atoms with E-state index in [0.717, 1.165) is 48.2 Å². The normalized spacial score (nSPS) is 16.5. The van der Waals surface area contributed by atoms with E-state index in [1.54, 1.807) is 6.07 Å². The first kappa shape index (κ1) is 16.4. The lowest BCUT2D eigenvalue weighted by atomic mass is 9.88. The molecule has 1 aliphatic rings. The highest BCUT2D eigenvalue weighted by Crippen LogP contribution is 2.22. The second-order valence-electron chi connectivity index (χ2n) is 6.56. The van der Waals surface area contributed by atoms with E-state index in [4.69, 9.17) is 0 Å². The molecule has 0 bridgehead atoms. The van der Waals surface area contributed by atoms with Crippen molar-refractivity contribution in [1.82, 2.24) is 9.78 Å². The number of anilines is 1. The van der Waals surface area contributed by atoms with Crippen LogP contribution in [-0.2, 0) is 30.6 Å². The second kappa shape index (κ2) is 6.99. The molecule has 3 rings (SSSR count). The molecule has 126 valence electrons. The summed E-state index contributed by atoms with van der Waals surface area (Å²) in [5.41, 5.74) is 3.69. The smallest absolute Gasteiger partial charge is 0.267 e. The van der Waals surface area contributed by atoms with Crippen LogP contribution >= 0.6 is 0 Å². The van der Waals surface area contributed by atoms with E-state index in [1.165, 1.54) is 4.68 Å². The van der Waals surface area contributed by atoms with Crippen LogP contribution in [0.15, 0.2) is 35.1 Å². The summed E-state index contributed by atoms with van der Waals surface area (Å²) >= 11 is 0. The van der Waals surface area contributed by atoms with E-state index in [9.17, 15) is 9.59 Å². The summed E-state index contributed by atoms with van der Waals surface area (Å²) in [5, 5.41) is 7.25. The van der Waals surface area contributed by atoms with E-state index in [1.807, 2.05) is 24.3 Å². The van der Waals surface area contributed by atoms with Crippen LogP contribution in [0.3, 0.4) is 0 Å². The van der Waals surface area contributed by atoms with Crippen LogP contribution in [0.4, 0.5) is 5.69 Å². The lowest BCUT2D eigenvalue weighted by Gasteiger charge is -2.20. The molecule has 0 radical (unpaired) electrons. The first-order valence-corrected chi connectivity index (χ1v) is 8.54. The maximum atomic E-state index is 12.2. The number of hydrogen-bond acceptors (Lipinski definition) is 3. The maximum Gasteiger partial charge on any atom is 0.267 e. The number of carbonyl (C=O) groups excluding carboxylic acids is 1. The van der Waals surface area contributed by atoms with Crippen molar-refractivity contribution in [1.29, 1.82) is 0 Å².